The number of carbonyl (C=O) groups excluding carboxylic acids is 1. The van der Waals surface area contributed by atoms with Gasteiger partial charge in [-0.05, 0) is 6.92 Å². The second kappa shape index (κ2) is 6.49. The fourth-order valence-corrected chi connectivity index (χ4v) is 1.29. The number of nitrogens with two attached hydrogens (primary N) is 1. The van der Waals surface area contributed by atoms with Crippen molar-refractivity contribution in [3.8, 4) is 0 Å². The Balaban J connectivity index is 2.68. The van der Waals surface area contributed by atoms with E-state index in [-0.39, 0.29) is 17.6 Å². The molecule has 1 rings (SSSR count). The van der Waals surface area contributed by atoms with Gasteiger partial charge in [0.15, 0.2) is 5.13 Å². The Kier molecular flexibility index (Phi) is 4.99. The maximum Gasteiger partial charge on any atom is 0.362 e. The molecule has 0 aliphatic carbocycles. The Morgan fingerprint density at radius 1 is 1.56 bits per heavy atom. The molecular weight excluding hydrogens is 264 g/mol. The summed E-state index contributed by atoms with van der Waals surface area (Å²) in [5.74, 6) is -2.22. The molecule has 9 nitrogen and oxygen atoms in total. The Morgan fingerprint density at radius 3 is 2.78 bits per heavy atom. The van der Waals surface area contributed by atoms with Crippen molar-refractivity contribution in [3.05, 3.63) is 5.82 Å². The highest BCUT2D eigenvalue weighted by Crippen LogP contribution is 2.07. The minimum atomic E-state index is -1.39. The van der Waals surface area contributed by atoms with Crippen LogP contribution in [0.2, 0.25) is 0 Å². The van der Waals surface area contributed by atoms with E-state index in [2.05, 4.69) is 24.1 Å². The van der Waals surface area contributed by atoms with E-state index in [9.17, 15) is 9.59 Å². The number of esters is 1. The van der Waals surface area contributed by atoms with Gasteiger partial charge in [0, 0.05) is 11.5 Å². The van der Waals surface area contributed by atoms with Crippen molar-refractivity contribution < 1.29 is 24.3 Å². The zero-order valence-corrected chi connectivity index (χ0v) is 10.1. The lowest BCUT2D eigenvalue weighted by molar-refractivity contribution is -0.148. The lowest BCUT2D eigenvalue weighted by Gasteiger charge is -2.00. The molecule has 0 saturated heterocycles. The highest BCUT2D eigenvalue weighted by molar-refractivity contribution is 7.09. The van der Waals surface area contributed by atoms with E-state index in [4.69, 9.17) is 10.8 Å². The molecule has 98 valence electrons. The van der Waals surface area contributed by atoms with Crippen molar-refractivity contribution in [2.75, 3.05) is 18.9 Å². The van der Waals surface area contributed by atoms with Crippen LogP contribution in [0.4, 0.5) is 5.13 Å². The van der Waals surface area contributed by atoms with Crippen molar-refractivity contribution in [1.29, 1.82) is 0 Å². The summed E-state index contributed by atoms with van der Waals surface area (Å²) in [4.78, 5) is 30.0. The molecule has 0 bridgehead atoms. The average molecular weight is 274 g/mol. The van der Waals surface area contributed by atoms with Gasteiger partial charge in [0.2, 0.25) is 18.1 Å². The third-order valence-corrected chi connectivity index (χ3v) is 2.04. The number of aliphatic carboxylic acids is 1. The minimum absolute atomic E-state index is 0.101. The second-order valence-corrected chi connectivity index (χ2v) is 3.56. The molecule has 0 amide bonds. The SMILES string of the molecule is CCOC(=O)CO/N=C(\C(=O)O)c1nsc(N)n1. The van der Waals surface area contributed by atoms with Crippen LogP contribution >= 0.6 is 11.5 Å². The molecule has 0 unspecified atom stereocenters. The number of rotatable bonds is 6. The fourth-order valence-electron chi connectivity index (χ4n) is 0.859. The third-order valence-electron chi connectivity index (χ3n) is 1.50. The lowest BCUT2D eigenvalue weighted by Crippen LogP contribution is -2.18. The summed E-state index contributed by atoms with van der Waals surface area (Å²) in [7, 11) is 0. The van der Waals surface area contributed by atoms with Crippen LogP contribution in [0.25, 0.3) is 0 Å². The van der Waals surface area contributed by atoms with Crippen molar-refractivity contribution in [3.63, 3.8) is 0 Å². The maximum absolute atomic E-state index is 10.9. The number of carboxylic acid groups (broad SMARTS) is 1. The van der Waals surface area contributed by atoms with Crippen LogP contribution < -0.4 is 5.73 Å². The number of carboxylic acids is 1. The quantitative estimate of drug-likeness (QED) is 0.402. The van der Waals surface area contributed by atoms with Gasteiger partial charge in [0.1, 0.15) is 0 Å². The van der Waals surface area contributed by atoms with Gasteiger partial charge >= 0.3 is 11.9 Å². The van der Waals surface area contributed by atoms with Crippen LogP contribution in [-0.2, 0) is 19.2 Å². The second-order valence-electron chi connectivity index (χ2n) is 2.78. The normalized spacial score (nSPS) is 11.1. The molecule has 10 heteroatoms. The number of nitrogens with zero attached hydrogens (tertiary/aromatic N) is 3. The first-order chi connectivity index (χ1) is 8.54. The van der Waals surface area contributed by atoms with Gasteiger partial charge < -0.3 is 20.4 Å². The van der Waals surface area contributed by atoms with E-state index in [0.717, 1.165) is 11.5 Å². The fraction of sp³-hybridized carbons (Fsp3) is 0.375. The summed E-state index contributed by atoms with van der Waals surface area (Å²) in [5, 5.41) is 12.2. The van der Waals surface area contributed by atoms with Crippen LogP contribution in [0, 0.1) is 0 Å². The Hall–Kier alpha value is -2.23. The molecule has 3 N–H and O–H groups in total. The standard InChI is InChI=1S/C8H10N4O5S/c1-2-16-4(13)3-17-11-5(7(14)15)6-10-8(9)18-12-6/h2-3H2,1H3,(H,14,15)(H2,9,10,12)/b11-5-. The molecule has 0 saturated carbocycles. The van der Waals surface area contributed by atoms with Gasteiger partial charge in [-0.15, -0.1) is 0 Å². The summed E-state index contributed by atoms with van der Waals surface area (Å²) in [6.07, 6.45) is 0. The molecule has 1 aromatic rings. The van der Waals surface area contributed by atoms with Crippen LogP contribution in [0.15, 0.2) is 5.16 Å². The summed E-state index contributed by atoms with van der Waals surface area (Å²) in [6, 6.07) is 0. The number of aromatic nitrogens is 2. The molecule has 0 spiro atoms. The highest BCUT2D eigenvalue weighted by Gasteiger charge is 2.19. The van der Waals surface area contributed by atoms with E-state index < -0.39 is 24.3 Å². The molecule has 1 heterocycles. The van der Waals surface area contributed by atoms with Crippen molar-refractivity contribution in [2.24, 2.45) is 5.16 Å². The van der Waals surface area contributed by atoms with Crippen LogP contribution in [0.5, 0.6) is 0 Å². The summed E-state index contributed by atoms with van der Waals surface area (Å²) < 4.78 is 8.23. The summed E-state index contributed by atoms with van der Waals surface area (Å²) >= 11 is 0.823. The van der Waals surface area contributed by atoms with E-state index in [1.165, 1.54) is 0 Å². The van der Waals surface area contributed by atoms with Gasteiger partial charge in [-0.1, -0.05) is 5.16 Å². The number of hydrogen-bond donors (Lipinski definition) is 2. The third kappa shape index (κ3) is 3.97. The molecule has 1 aromatic heterocycles. The largest absolute Gasteiger partial charge is 0.476 e. The average Bonchev–Trinajstić information content (AvgIpc) is 2.71. The number of hydrogen-bond acceptors (Lipinski definition) is 9. The summed E-state index contributed by atoms with van der Waals surface area (Å²) in [5.41, 5.74) is 4.78. The topological polar surface area (TPSA) is 137 Å². The predicted octanol–water partition coefficient (Wildman–Crippen LogP) is -0.511. The molecule has 0 aliphatic heterocycles. The predicted molar refractivity (Wildman–Crippen MR) is 61.1 cm³/mol. The number of nitrogen functional groups attached to an aromatic ring is 1. The number of carbonyl (C=O) groups is 2. The van der Waals surface area contributed by atoms with Crippen LogP contribution in [0.1, 0.15) is 12.7 Å². The van der Waals surface area contributed by atoms with E-state index in [1.807, 2.05) is 0 Å². The molecule has 0 aromatic carbocycles. The zero-order valence-electron chi connectivity index (χ0n) is 9.32. The first-order valence-electron chi connectivity index (χ1n) is 4.73. The maximum atomic E-state index is 10.9. The van der Waals surface area contributed by atoms with E-state index in [0.29, 0.717) is 0 Å². The minimum Gasteiger partial charge on any atom is -0.476 e. The lowest BCUT2D eigenvalue weighted by atomic mass is 10.4. The van der Waals surface area contributed by atoms with Gasteiger partial charge in [0.05, 0.1) is 6.61 Å². The Morgan fingerprint density at radius 2 is 2.28 bits per heavy atom. The number of oxime groups is 1. The Bertz CT molecular complexity index is 472. The molecule has 0 radical (unpaired) electrons. The first kappa shape index (κ1) is 13.8. The molecule has 0 fully saturated rings. The van der Waals surface area contributed by atoms with E-state index in [1.54, 1.807) is 6.92 Å². The smallest absolute Gasteiger partial charge is 0.362 e. The van der Waals surface area contributed by atoms with Crippen molar-refractivity contribution in [1.82, 2.24) is 9.36 Å². The monoisotopic (exact) mass is 274 g/mol. The molecule has 0 aliphatic rings. The Labute approximate surface area is 105 Å². The van der Waals surface area contributed by atoms with Crippen LogP contribution in [-0.4, -0.2) is 45.3 Å². The molecule has 18 heavy (non-hydrogen) atoms. The molecule has 0 atom stereocenters. The first-order valence-corrected chi connectivity index (χ1v) is 5.50. The van der Waals surface area contributed by atoms with Gasteiger partial charge in [-0.2, -0.15) is 9.36 Å². The zero-order chi connectivity index (χ0) is 13.5. The number of ether oxygens (including phenoxy) is 1. The van der Waals surface area contributed by atoms with E-state index >= 15 is 0 Å². The number of anilines is 1. The van der Waals surface area contributed by atoms with Gasteiger partial charge in [-0.3, -0.25) is 0 Å². The van der Waals surface area contributed by atoms with Crippen LogP contribution in [0.3, 0.4) is 0 Å². The molecular formula is C8H10N4O5S. The summed E-state index contributed by atoms with van der Waals surface area (Å²) in [6.45, 7) is 1.33. The van der Waals surface area contributed by atoms with Gasteiger partial charge in [0.25, 0.3) is 0 Å². The van der Waals surface area contributed by atoms with Gasteiger partial charge in [-0.25, -0.2) is 9.59 Å². The van der Waals surface area contributed by atoms with Crippen molar-refractivity contribution in [2.45, 2.75) is 6.92 Å². The van der Waals surface area contributed by atoms with Crippen molar-refractivity contribution >= 4 is 34.3 Å². The highest BCUT2D eigenvalue weighted by atomic mass is 32.1.